The van der Waals surface area contributed by atoms with E-state index in [2.05, 4.69) is 136 Å². The molecule has 0 atom stereocenters. The van der Waals surface area contributed by atoms with Crippen LogP contribution >= 0.6 is 117 Å². The second-order valence-electron chi connectivity index (χ2n) is 12.0. The van der Waals surface area contributed by atoms with E-state index in [1.165, 1.54) is 47.7 Å². The minimum Gasteiger partial charge on any atom is -0.127 e. The van der Waals surface area contributed by atoms with E-state index < -0.39 is 16.1 Å². The summed E-state index contributed by atoms with van der Waals surface area (Å²) in [5.41, 5.74) is 14.3. The fourth-order valence-corrected chi connectivity index (χ4v) is 15.2. The van der Waals surface area contributed by atoms with E-state index in [0.717, 1.165) is 11.1 Å². The highest BCUT2D eigenvalue weighted by Gasteiger charge is 2.31. The van der Waals surface area contributed by atoms with Gasteiger partial charge in [-0.25, -0.2) is 0 Å². The van der Waals surface area contributed by atoms with Crippen molar-refractivity contribution in [1.29, 1.82) is 0 Å². The maximum absolute atomic E-state index is 4.76. The van der Waals surface area contributed by atoms with Gasteiger partial charge in [0.05, 0.1) is 30.8 Å². The largest absolute Gasteiger partial charge is 0.129 e. The quantitative estimate of drug-likeness (QED) is 0.152. The predicted octanol–water partition coefficient (Wildman–Crippen LogP) is 14.3. The van der Waals surface area contributed by atoms with Crippen molar-refractivity contribution in [1.82, 2.24) is 0 Å². The van der Waals surface area contributed by atoms with E-state index in [-0.39, 0.29) is 5.34 Å². The van der Waals surface area contributed by atoms with Crippen LogP contribution in [-0.4, -0.2) is 46.5 Å². The van der Waals surface area contributed by atoms with Crippen LogP contribution in [0.2, 0.25) is 39.3 Å². The van der Waals surface area contributed by atoms with Gasteiger partial charge in [0.1, 0.15) is 16.1 Å². The molecule has 0 aromatic heterocycles. The summed E-state index contributed by atoms with van der Waals surface area (Å²) in [4.78, 5) is 0. The summed E-state index contributed by atoms with van der Waals surface area (Å²) in [5.74, 6) is 6.90. The third-order valence-corrected chi connectivity index (χ3v) is 18.2. The highest BCUT2D eigenvalue weighted by molar-refractivity contribution is 8.41. The van der Waals surface area contributed by atoms with Crippen LogP contribution in [0.4, 0.5) is 0 Å². The van der Waals surface area contributed by atoms with Crippen LogP contribution in [0.15, 0.2) is 74.0 Å². The summed E-state index contributed by atoms with van der Waals surface area (Å²) < 4.78 is 8.21. The molecule has 0 saturated carbocycles. The SMILES string of the molecule is CSC1=C(SC)SC(=C(C(=C2SC(SC)=C(SC)S2)c2ccc(C#C[Si](C)(C)C)cc2)c2ccc(C#C[Si](C)(C)C)cc2)S1.ClCCl. The highest BCUT2D eigenvalue weighted by Crippen LogP contribution is 2.63. The van der Waals surface area contributed by atoms with Gasteiger partial charge in [-0.15, -0.1) is 81.3 Å². The summed E-state index contributed by atoms with van der Waals surface area (Å²) >= 11 is 24.6. The van der Waals surface area contributed by atoms with Crippen molar-refractivity contribution in [3.8, 4) is 22.9 Å². The monoisotopic (exact) mass is 842 g/mol. The Morgan fingerprint density at radius 2 is 0.787 bits per heavy atom. The minimum absolute atomic E-state index is 0.194. The molecule has 0 amide bonds. The first-order valence-electron chi connectivity index (χ1n) is 14.5. The van der Waals surface area contributed by atoms with Crippen molar-refractivity contribution in [2.24, 2.45) is 0 Å². The Balaban J connectivity index is 0.00000192. The molecule has 0 fully saturated rings. The molecule has 0 bridgehead atoms. The molecule has 0 saturated heterocycles. The predicted molar refractivity (Wildman–Crippen MR) is 242 cm³/mol. The average Bonchev–Trinajstić information content (AvgIpc) is 3.65. The maximum atomic E-state index is 4.76. The molecule has 2 heterocycles. The molecule has 2 aliphatic rings. The van der Waals surface area contributed by atoms with Crippen molar-refractivity contribution >= 4 is 145 Å². The summed E-state index contributed by atoms with van der Waals surface area (Å²) in [7, 11) is -2.92. The molecule has 0 unspecified atom stereocenters. The molecular formula is C35H40Cl2S8Si2. The van der Waals surface area contributed by atoms with Gasteiger partial charge in [-0.1, -0.05) is 122 Å². The molecule has 0 radical (unpaired) electrons. The van der Waals surface area contributed by atoms with Gasteiger partial charge in [0, 0.05) is 22.3 Å². The zero-order chi connectivity index (χ0) is 34.8. The van der Waals surface area contributed by atoms with E-state index in [1.807, 2.05) is 94.1 Å². The fraction of sp³-hybridized carbons (Fsp3) is 0.314. The minimum atomic E-state index is -1.46. The standard InChI is InChI=1S/C34H38S8Si2.CH2Cl2/c1-35-31-32(36-2)40-29(39-31)27(25-15-11-23(12-16-25)19-21-43(5,6)7)28(30-41-33(37-3)34(38-4)42-30)26-17-13-24(14-18-26)20-22-44(8,9)10;2-1-3/h11-18H,1-10H3;1H2. The van der Waals surface area contributed by atoms with Gasteiger partial charge < -0.3 is 0 Å². The summed E-state index contributed by atoms with van der Waals surface area (Å²) in [5, 5.41) is 0.194. The Morgan fingerprint density at radius 3 is 1.00 bits per heavy atom. The van der Waals surface area contributed by atoms with E-state index in [9.17, 15) is 0 Å². The van der Waals surface area contributed by atoms with Gasteiger partial charge in [0.15, 0.2) is 0 Å². The van der Waals surface area contributed by atoms with Crippen LogP contribution in [0.25, 0.3) is 11.1 Å². The van der Waals surface area contributed by atoms with Gasteiger partial charge in [0.25, 0.3) is 0 Å². The second-order valence-corrected chi connectivity index (χ2v) is 31.2. The number of rotatable bonds is 7. The number of allylic oxidation sites excluding steroid dienone is 2. The van der Waals surface area contributed by atoms with Gasteiger partial charge in [-0.2, -0.15) is 0 Å². The van der Waals surface area contributed by atoms with Crippen molar-refractivity contribution in [3.05, 3.63) is 96.2 Å². The van der Waals surface area contributed by atoms with Gasteiger partial charge in [-0.05, 0) is 60.4 Å². The van der Waals surface area contributed by atoms with E-state index in [1.54, 1.807) is 0 Å². The molecule has 0 nitrogen and oxygen atoms in total. The Morgan fingerprint density at radius 1 is 0.532 bits per heavy atom. The van der Waals surface area contributed by atoms with Crippen LogP contribution in [0.3, 0.4) is 0 Å². The number of hydrogen-bond acceptors (Lipinski definition) is 8. The van der Waals surface area contributed by atoms with Crippen LogP contribution in [-0.2, 0) is 0 Å². The molecule has 2 aromatic rings. The lowest BCUT2D eigenvalue weighted by Gasteiger charge is -2.19. The normalized spacial score (nSPS) is 14.7. The van der Waals surface area contributed by atoms with Crippen LogP contribution < -0.4 is 0 Å². The lowest BCUT2D eigenvalue weighted by Crippen LogP contribution is -2.16. The van der Waals surface area contributed by atoms with Crippen molar-refractivity contribution in [2.75, 3.05) is 30.4 Å². The van der Waals surface area contributed by atoms with Crippen LogP contribution in [0.5, 0.6) is 0 Å². The first-order chi connectivity index (χ1) is 22.3. The molecular weight excluding hydrogens is 804 g/mol. The summed E-state index contributed by atoms with van der Waals surface area (Å²) in [6.07, 6.45) is 8.76. The Kier molecular flexibility index (Phi) is 17.6. The number of benzene rings is 2. The number of thioether (sulfide) groups is 8. The van der Waals surface area contributed by atoms with Crippen molar-refractivity contribution < 1.29 is 0 Å². The fourth-order valence-electron chi connectivity index (χ4n) is 3.94. The first-order valence-corrected chi connectivity index (χ1v) is 30.7. The van der Waals surface area contributed by atoms with Gasteiger partial charge in [-0.3, -0.25) is 0 Å². The number of halogens is 2. The Hall–Kier alpha value is 0.334. The number of alkyl halides is 2. The lowest BCUT2D eigenvalue weighted by molar-refractivity contribution is 1.55. The molecule has 2 aliphatic heterocycles. The first kappa shape index (κ1) is 41.8. The van der Waals surface area contributed by atoms with Crippen LogP contribution in [0.1, 0.15) is 22.3 Å². The zero-order valence-electron chi connectivity index (χ0n) is 28.3. The van der Waals surface area contributed by atoms with Gasteiger partial charge >= 0.3 is 0 Å². The Bertz CT molecular complexity index is 1510. The molecule has 0 N–H and O–H groups in total. The second kappa shape index (κ2) is 19.8. The smallest absolute Gasteiger partial charge is 0.127 e. The lowest BCUT2D eigenvalue weighted by atomic mass is 9.93. The molecule has 47 heavy (non-hydrogen) atoms. The summed E-state index contributed by atoms with van der Waals surface area (Å²) in [6.45, 7) is 13.8. The maximum Gasteiger partial charge on any atom is 0.129 e. The average molecular weight is 844 g/mol. The van der Waals surface area contributed by atoms with E-state index >= 15 is 0 Å². The van der Waals surface area contributed by atoms with Crippen molar-refractivity contribution in [2.45, 2.75) is 39.3 Å². The zero-order valence-corrected chi connectivity index (χ0v) is 38.4. The molecule has 12 heteroatoms. The third-order valence-electron chi connectivity index (χ3n) is 5.99. The molecule has 250 valence electrons. The molecule has 2 aromatic carbocycles. The topological polar surface area (TPSA) is 0 Å². The van der Waals surface area contributed by atoms with Gasteiger partial charge in [0.2, 0.25) is 0 Å². The highest BCUT2D eigenvalue weighted by atomic mass is 35.5. The van der Waals surface area contributed by atoms with E-state index in [0.29, 0.717) is 0 Å². The summed E-state index contributed by atoms with van der Waals surface area (Å²) in [6, 6.07) is 18.0. The number of hydrogen-bond donors (Lipinski definition) is 0. The van der Waals surface area contributed by atoms with E-state index in [4.69, 9.17) is 23.2 Å². The van der Waals surface area contributed by atoms with Crippen molar-refractivity contribution in [3.63, 3.8) is 0 Å². The third kappa shape index (κ3) is 12.8. The Labute approximate surface area is 329 Å². The molecule has 4 rings (SSSR count). The molecule has 0 aliphatic carbocycles. The molecule has 0 spiro atoms. The van der Waals surface area contributed by atoms with Crippen LogP contribution in [0, 0.1) is 22.9 Å².